The summed E-state index contributed by atoms with van der Waals surface area (Å²) in [4.78, 5) is 3.72. The average molecular weight is 178 g/mol. The third-order valence-corrected chi connectivity index (χ3v) is 1.44. The first-order valence-electron chi connectivity index (χ1n) is 3.60. The molecule has 0 spiro atoms. The predicted octanol–water partition coefficient (Wildman–Crippen LogP) is 2.23. The van der Waals surface area contributed by atoms with Crippen LogP contribution in [-0.4, -0.2) is 15.7 Å². The van der Waals surface area contributed by atoms with Crippen LogP contribution in [0.4, 0.5) is 13.2 Å². The second-order valence-corrected chi connectivity index (χ2v) is 2.52. The normalized spacial score (nSPS) is 11.9. The minimum Gasteiger partial charge on any atom is -0.337 e. The van der Waals surface area contributed by atoms with Crippen LogP contribution in [0.1, 0.15) is 12.8 Å². The summed E-state index contributed by atoms with van der Waals surface area (Å²) < 4.78 is 36.6. The van der Waals surface area contributed by atoms with Gasteiger partial charge >= 0.3 is 6.18 Å². The second kappa shape index (κ2) is 3.60. The van der Waals surface area contributed by atoms with E-state index >= 15 is 0 Å². The molecule has 1 heterocycles. The lowest BCUT2D eigenvalue weighted by atomic mass is 10.3. The minimum absolute atomic E-state index is 0.111. The molecule has 68 valence electrons. The Labute approximate surface area is 68.0 Å². The van der Waals surface area contributed by atoms with E-state index in [0.717, 1.165) is 0 Å². The highest BCUT2D eigenvalue weighted by Crippen LogP contribution is 2.21. The van der Waals surface area contributed by atoms with Crippen LogP contribution in [0.3, 0.4) is 0 Å². The number of aromatic nitrogens is 2. The molecule has 5 heteroatoms. The van der Waals surface area contributed by atoms with Gasteiger partial charge in [0.1, 0.15) is 0 Å². The van der Waals surface area contributed by atoms with Crippen LogP contribution in [0.25, 0.3) is 0 Å². The Morgan fingerprint density at radius 1 is 1.33 bits per heavy atom. The Morgan fingerprint density at radius 2 is 2.08 bits per heavy atom. The molecule has 1 aromatic rings. The van der Waals surface area contributed by atoms with Crippen molar-refractivity contribution in [2.75, 3.05) is 0 Å². The first kappa shape index (κ1) is 9.09. The number of imidazole rings is 1. The second-order valence-electron chi connectivity index (χ2n) is 2.52. The molecule has 0 aliphatic rings. The first-order valence-corrected chi connectivity index (χ1v) is 3.60. The van der Waals surface area contributed by atoms with E-state index in [1.54, 1.807) is 17.0 Å². The molecule has 0 aliphatic carbocycles. The van der Waals surface area contributed by atoms with Crippen molar-refractivity contribution in [3.05, 3.63) is 18.7 Å². The number of nitrogens with zero attached hydrogens (tertiary/aromatic N) is 2. The molecule has 0 unspecified atom stereocenters. The third kappa shape index (κ3) is 3.41. The van der Waals surface area contributed by atoms with Crippen LogP contribution in [0.15, 0.2) is 18.7 Å². The van der Waals surface area contributed by atoms with Crippen LogP contribution in [0.5, 0.6) is 0 Å². The fourth-order valence-corrected chi connectivity index (χ4v) is 0.881. The number of hydrogen-bond acceptors (Lipinski definition) is 1. The molecule has 0 aromatic carbocycles. The summed E-state index contributed by atoms with van der Waals surface area (Å²) in [5.74, 6) is 0. The topological polar surface area (TPSA) is 17.8 Å². The van der Waals surface area contributed by atoms with Crippen molar-refractivity contribution in [2.24, 2.45) is 0 Å². The summed E-state index contributed by atoms with van der Waals surface area (Å²) in [7, 11) is 0. The molecule has 1 aromatic heterocycles. The molecule has 0 N–H and O–H groups in total. The molecular formula is C7H9F3N2. The standard InChI is InChI=1S/C7H9F3N2/c8-7(9,10)2-1-4-12-5-3-11-6-12/h3,5-6H,1-2,4H2. The van der Waals surface area contributed by atoms with Gasteiger partial charge < -0.3 is 4.57 Å². The van der Waals surface area contributed by atoms with Gasteiger partial charge in [0.2, 0.25) is 0 Å². The number of alkyl halides is 3. The Balaban J connectivity index is 2.20. The Bertz CT molecular complexity index is 215. The lowest BCUT2D eigenvalue weighted by Crippen LogP contribution is -2.08. The molecule has 1 rings (SSSR count). The smallest absolute Gasteiger partial charge is 0.337 e. The van der Waals surface area contributed by atoms with E-state index in [0.29, 0.717) is 6.54 Å². The van der Waals surface area contributed by atoms with Crippen molar-refractivity contribution in [2.45, 2.75) is 25.6 Å². The van der Waals surface area contributed by atoms with E-state index < -0.39 is 12.6 Å². The van der Waals surface area contributed by atoms with Gasteiger partial charge in [-0.05, 0) is 6.42 Å². The average Bonchev–Trinajstić information content (AvgIpc) is 2.36. The predicted molar refractivity (Wildman–Crippen MR) is 37.5 cm³/mol. The van der Waals surface area contributed by atoms with E-state index in [1.807, 2.05) is 0 Å². The molecule has 0 amide bonds. The molecule has 0 aliphatic heterocycles. The van der Waals surface area contributed by atoms with Gasteiger partial charge in [-0.15, -0.1) is 0 Å². The molecule has 0 saturated heterocycles. The Kier molecular flexibility index (Phi) is 2.73. The number of rotatable bonds is 3. The molecule has 0 saturated carbocycles. The van der Waals surface area contributed by atoms with Crippen molar-refractivity contribution < 1.29 is 13.2 Å². The maximum atomic E-state index is 11.7. The highest BCUT2D eigenvalue weighted by atomic mass is 19.4. The van der Waals surface area contributed by atoms with Gasteiger partial charge in [-0.2, -0.15) is 13.2 Å². The fraction of sp³-hybridized carbons (Fsp3) is 0.571. The highest BCUT2D eigenvalue weighted by molar-refractivity contribution is 4.73. The van der Waals surface area contributed by atoms with Crippen LogP contribution < -0.4 is 0 Å². The summed E-state index contributed by atoms with van der Waals surface area (Å²) in [6.07, 6.45) is 0.0476. The lowest BCUT2D eigenvalue weighted by molar-refractivity contribution is -0.135. The maximum absolute atomic E-state index is 11.7. The molecule has 0 fully saturated rings. The molecule has 0 bridgehead atoms. The molecule has 0 atom stereocenters. The summed E-state index contributed by atoms with van der Waals surface area (Å²) in [5, 5.41) is 0. The number of aryl methyl sites for hydroxylation is 1. The van der Waals surface area contributed by atoms with E-state index in [4.69, 9.17) is 0 Å². The van der Waals surface area contributed by atoms with Gasteiger partial charge in [0, 0.05) is 25.4 Å². The van der Waals surface area contributed by atoms with Crippen molar-refractivity contribution in [1.82, 2.24) is 9.55 Å². The van der Waals surface area contributed by atoms with Crippen LogP contribution in [-0.2, 0) is 6.54 Å². The van der Waals surface area contributed by atoms with E-state index in [9.17, 15) is 13.2 Å². The highest BCUT2D eigenvalue weighted by Gasteiger charge is 2.25. The third-order valence-electron chi connectivity index (χ3n) is 1.44. The monoisotopic (exact) mass is 178 g/mol. The minimum atomic E-state index is -4.04. The van der Waals surface area contributed by atoms with Crippen molar-refractivity contribution >= 4 is 0 Å². The van der Waals surface area contributed by atoms with Crippen molar-refractivity contribution in [1.29, 1.82) is 0 Å². The summed E-state index contributed by atoms with van der Waals surface area (Å²) >= 11 is 0. The molecule has 2 nitrogen and oxygen atoms in total. The van der Waals surface area contributed by atoms with Crippen molar-refractivity contribution in [3.63, 3.8) is 0 Å². The molecular weight excluding hydrogens is 169 g/mol. The Hall–Kier alpha value is -1.00. The fourth-order valence-electron chi connectivity index (χ4n) is 0.881. The first-order chi connectivity index (χ1) is 5.58. The van der Waals surface area contributed by atoms with E-state index in [2.05, 4.69) is 4.98 Å². The SMILES string of the molecule is FC(F)(F)CCCn1ccnc1. The van der Waals surface area contributed by atoms with Gasteiger partial charge in [0.05, 0.1) is 6.33 Å². The van der Waals surface area contributed by atoms with Gasteiger partial charge in [-0.25, -0.2) is 4.98 Å². The quantitative estimate of drug-likeness (QED) is 0.693. The molecule has 0 radical (unpaired) electrons. The summed E-state index contributed by atoms with van der Waals surface area (Å²) in [5.41, 5.74) is 0. The van der Waals surface area contributed by atoms with Crippen LogP contribution >= 0.6 is 0 Å². The van der Waals surface area contributed by atoms with E-state index in [-0.39, 0.29) is 6.42 Å². The maximum Gasteiger partial charge on any atom is 0.389 e. The van der Waals surface area contributed by atoms with E-state index in [1.165, 1.54) is 6.33 Å². The molecule has 12 heavy (non-hydrogen) atoms. The largest absolute Gasteiger partial charge is 0.389 e. The summed E-state index contributed by atoms with van der Waals surface area (Å²) in [6, 6.07) is 0. The number of halogens is 3. The van der Waals surface area contributed by atoms with Crippen molar-refractivity contribution in [3.8, 4) is 0 Å². The lowest BCUT2D eigenvalue weighted by Gasteiger charge is -2.05. The number of hydrogen-bond donors (Lipinski definition) is 0. The van der Waals surface area contributed by atoms with Crippen LogP contribution in [0, 0.1) is 0 Å². The summed E-state index contributed by atoms with van der Waals surface area (Å²) in [6.45, 7) is 0.375. The van der Waals surface area contributed by atoms with Gasteiger partial charge in [0.25, 0.3) is 0 Å². The zero-order valence-electron chi connectivity index (χ0n) is 6.38. The zero-order chi connectivity index (χ0) is 9.03. The van der Waals surface area contributed by atoms with Gasteiger partial charge in [-0.1, -0.05) is 0 Å². The van der Waals surface area contributed by atoms with Gasteiger partial charge in [0.15, 0.2) is 0 Å². The Morgan fingerprint density at radius 3 is 2.58 bits per heavy atom. The van der Waals surface area contributed by atoms with Gasteiger partial charge in [-0.3, -0.25) is 0 Å². The van der Waals surface area contributed by atoms with Crippen LogP contribution in [0.2, 0.25) is 0 Å². The zero-order valence-corrected chi connectivity index (χ0v) is 6.38.